The number of hydrazine groups is 1. The topological polar surface area (TPSA) is 79.9 Å². The Hall–Kier alpha value is -2.12. The third-order valence-corrected chi connectivity index (χ3v) is 3.83. The van der Waals surface area contributed by atoms with Crippen molar-refractivity contribution in [2.45, 2.75) is 39.3 Å². The molecule has 1 heterocycles. The van der Waals surface area contributed by atoms with Gasteiger partial charge in [-0.2, -0.15) is 0 Å². The van der Waals surface area contributed by atoms with Crippen LogP contribution in [0.15, 0.2) is 30.3 Å². The zero-order valence-corrected chi connectivity index (χ0v) is 14.2. The maximum absolute atomic E-state index is 12.4. The van der Waals surface area contributed by atoms with Gasteiger partial charge in [0.1, 0.15) is 12.6 Å². The number of nitrogens with zero attached hydrogens (tertiary/aromatic N) is 1. The first kappa shape index (κ1) is 18.2. The van der Waals surface area contributed by atoms with Crippen LogP contribution in [0.1, 0.15) is 32.3 Å². The van der Waals surface area contributed by atoms with Crippen molar-refractivity contribution in [2.24, 2.45) is 5.92 Å². The van der Waals surface area contributed by atoms with Gasteiger partial charge in [-0.1, -0.05) is 50.6 Å². The van der Waals surface area contributed by atoms with Gasteiger partial charge in [0.15, 0.2) is 0 Å². The van der Waals surface area contributed by atoms with Gasteiger partial charge >= 0.3 is 6.09 Å². The predicted octanol–water partition coefficient (Wildman–Crippen LogP) is 2.00. The number of hydrogen-bond donors (Lipinski definition) is 2. The molecule has 1 saturated heterocycles. The van der Waals surface area contributed by atoms with Crippen LogP contribution in [0.5, 0.6) is 0 Å². The molecule has 1 aliphatic heterocycles. The molecule has 2 atom stereocenters. The minimum Gasteiger partial charge on any atom is -0.449 e. The molecule has 0 bridgehead atoms. The number of hydrogen-bond acceptors (Lipinski definition) is 5. The number of amides is 2. The van der Waals surface area contributed by atoms with E-state index in [4.69, 9.17) is 9.57 Å². The molecule has 7 heteroatoms. The van der Waals surface area contributed by atoms with Crippen LogP contribution in [-0.4, -0.2) is 36.3 Å². The fourth-order valence-electron chi connectivity index (χ4n) is 2.38. The van der Waals surface area contributed by atoms with Crippen LogP contribution in [0.2, 0.25) is 0 Å². The van der Waals surface area contributed by atoms with Crippen molar-refractivity contribution in [1.82, 2.24) is 15.9 Å². The number of nitrogens with one attached hydrogen (secondary N) is 2. The summed E-state index contributed by atoms with van der Waals surface area (Å²) in [6.45, 7) is 5.10. The monoisotopic (exact) mass is 335 g/mol. The third kappa shape index (κ3) is 5.21. The van der Waals surface area contributed by atoms with Crippen molar-refractivity contribution in [1.29, 1.82) is 0 Å². The Morgan fingerprint density at radius 2 is 2.08 bits per heavy atom. The summed E-state index contributed by atoms with van der Waals surface area (Å²) in [6, 6.07) is 9.12. The molecule has 1 aliphatic rings. The summed E-state index contributed by atoms with van der Waals surface area (Å²) in [5.74, 6) is -0.198. The normalized spacial score (nSPS) is 20.2. The number of hydroxylamine groups is 2. The van der Waals surface area contributed by atoms with Gasteiger partial charge in [0.25, 0.3) is 5.91 Å². The van der Waals surface area contributed by atoms with E-state index in [1.807, 2.05) is 44.2 Å². The molecule has 132 valence electrons. The fraction of sp³-hybridized carbons (Fsp3) is 0.529. The standard InChI is InChI=1S/C17H25N3O4/c1-3-4-10-23-17(22)19-18-15-13(2)11-20(16(15)21)24-12-14-8-6-5-7-9-14/h5-9,13,15,18H,3-4,10-12H2,1-2H3,(H,19,22). The Morgan fingerprint density at radius 3 is 2.79 bits per heavy atom. The lowest BCUT2D eigenvalue weighted by Crippen LogP contribution is -2.50. The SMILES string of the molecule is CCCCOC(=O)NNC1C(=O)N(OCc2ccccc2)CC1C. The van der Waals surface area contributed by atoms with E-state index in [9.17, 15) is 9.59 Å². The van der Waals surface area contributed by atoms with Crippen LogP contribution >= 0.6 is 0 Å². The average Bonchev–Trinajstić information content (AvgIpc) is 2.86. The van der Waals surface area contributed by atoms with Crippen LogP contribution in [0, 0.1) is 5.92 Å². The quantitative estimate of drug-likeness (QED) is 0.561. The van der Waals surface area contributed by atoms with Crippen molar-refractivity contribution >= 4 is 12.0 Å². The third-order valence-electron chi connectivity index (χ3n) is 3.83. The maximum atomic E-state index is 12.4. The van der Waals surface area contributed by atoms with Crippen molar-refractivity contribution in [3.05, 3.63) is 35.9 Å². The second-order valence-corrected chi connectivity index (χ2v) is 5.87. The molecule has 24 heavy (non-hydrogen) atoms. The number of benzene rings is 1. The molecular formula is C17H25N3O4. The summed E-state index contributed by atoms with van der Waals surface area (Å²) in [6.07, 6.45) is 1.19. The Morgan fingerprint density at radius 1 is 1.33 bits per heavy atom. The molecule has 2 N–H and O–H groups in total. The van der Waals surface area contributed by atoms with Crippen molar-refractivity contribution in [2.75, 3.05) is 13.2 Å². The van der Waals surface area contributed by atoms with Crippen LogP contribution in [0.3, 0.4) is 0 Å². The van der Waals surface area contributed by atoms with E-state index in [1.54, 1.807) is 0 Å². The Kier molecular flexibility index (Phi) is 7.02. The first-order valence-electron chi connectivity index (χ1n) is 8.28. The molecule has 0 radical (unpaired) electrons. The van der Waals surface area contributed by atoms with Gasteiger partial charge < -0.3 is 4.74 Å². The molecule has 0 aliphatic carbocycles. The van der Waals surface area contributed by atoms with Crippen molar-refractivity contribution < 1.29 is 19.2 Å². The predicted molar refractivity (Wildman–Crippen MR) is 88.4 cm³/mol. The molecule has 7 nitrogen and oxygen atoms in total. The molecule has 0 aromatic heterocycles. The largest absolute Gasteiger partial charge is 0.449 e. The number of unbranched alkanes of at least 4 members (excludes halogenated alkanes) is 1. The Bertz CT molecular complexity index is 538. The first-order chi connectivity index (χ1) is 11.6. The number of rotatable bonds is 8. The first-order valence-corrected chi connectivity index (χ1v) is 8.28. The summed E-state index contributed by atoms with van der Waals surface area (Å²) in [5, 5.41) is 1.35. The number of ether oxygens (including phenoxy) is 1. The molecule has 0 spiro atoms. The summed E-state index contributed by atoms with van der Waals surface area (Å²) < 4.78 is 4.98. The van der Waals surface area contributed by atoms with E-state index in [-0.39, 0.29) is 11.8 Å². The zero-order valence-electron chi connectivity index (χ0n) is 14.2. The molecule has 1 fully saturated rings. The van der Waals surface area contributed by atoms with Crippen LogP contribution in [0.25, 0.3) is 0 Å². The van der Waals surface area contributed by atoms with E-state index < -0.39 is 12.1 Å². The molecule has 2 amide bonds. The van der Waals surface area contributed by atoms with Crippen molar-refractivity contribution in [3.8, 4) is 0 Å². The van der Waals surface area contributed by atoms with Gasteiger partial charge in [-0.25, -0.2) is 15.3 Å². The minimum atomic E-state index is -0.577. The van der Waals surface area contributed by atoms with Gasteiger partial charge in [-0.3, -0.25) is 15.1 Å². The smallest absolute Gasteiger partial charge is 0.421 e. The molecule has 2 rings (SSSR count). The summed E-state index contributed by atoms with van der Waals surface area (Å²) in [5.41, 5.74) is 6.16. The van der Waals surface area contributed by atoms with Gasteiger partial charge in [-0.15, -0.1) is 0 Å². The van der Waals surface area contributed by atoms with E-state index in [1.165, 1.54) is 5.06 Å². The second-order valence-electron chi connectivity index (χ2n) is 5.87. The highest BCUT2D eigenvalue weighted by Crippen LogP contribution is 2.19. The number of carbonyl (C=O) groups is 2. The van der Waals surface area contributed by atoms with E-state index in [0.717, 1.165) is 18.4 Å². The van der Waals surface area contributed by atoms with Gasteiger partial charge in [-0.05, 0) is 12.0 Å². The fourth-order valence-corrected chi connectivity index (χ4v) is 2.38. The highest BCUT2D eigenvalue weighted by Gasteiger charge is 2.39. The van der Waals surface area contributed by atoms with Crippen LogP contribution in [-0.2, 0) is 21.0 Å². The van der Waals surface area contributed by atoms with E-state index in [2.05, 4.69) is 10.9 Å². The van der Waals surface area contributed by atoms with E-state index >= 15 is 0 Å². The zero-order chi connectivity index (χ0) is 17.4. The second kappa shape index (κ2) is 9.24. The molecule has 2 unspecified atom stereocenters. The van der Waals surface area contributed by atoms with E-state index in [0.29, 0.717) is 19.8 Å². The molecule has 1 aromatic carbocycles. The van der Waals surface area contributed by atoms with Crippen molar-refractivity contribution in [3.63, 3.8) is 0 Å². The molecule has 0 saturated carbocycles. The maximum Gasteiger partial charge on any atom is 0.421 e. The van der Waals surface area contributed by atoms with Gasteiger partial charge in [0, 0.05) is 5.92 Å². The van der Waals surface area contributed by atoms with Crippen LogP contribution in [0.4, 0.5) is 4.79 Å². The van der Waals surface area contributed by atoms with Crippen LogP contribution < -0.4 is 10.9 Å². The lowest BCUT2D eigenvalue weighted by atomic mass is 10.1. The average molecular weight is 335 g/mol. The number of carbonyl (C=O) groups excluding carboxylic acids is 2. The Balaban J connectivity index is 1.76. The summed E-state index contributed by atoms with van der Waals surface area (Å²) >= 11 is 0. The Labute approximate surface area is 142 Å². The summed E-state index contributed by atoms with van der Waals surface area (Å²) in [4.78, 5) is 29.5. The lowest BCUT2D eigenvalue weighted by molar-refractivity contribution is -0.183. The van der Waals surface area contributed by atoms with Gasteiger partial charge in [0.05, 0.1) is 13.2 Å². The molecular weight excluding hydrogens is 310 g/mol. The summed E-state index contributed by atoms with van der Waals surface area (Å²) in [7, 11) is 0. The highest BCUT2D eigenvalue weighted by atomic mass is 16.7. The molecule has 1 aromatic rings. The van der Waals surface area contributed by atoms with Gasteiger partial charge in [0.2, 0.25) is 0 Å². The highest BCUT2D eigenvalue weighted by molar-refractivity contribution is 5.83. The minimum absolute atomic E-state index is 0.00390. The lowest BCUT2D eigenvalue weighted by Gasteiger charge is -2.17.